The average molecular weight is 513 g/mol. The van der Waals surface area contributed by atoms with Crippen LogP contribution in [0.4, 0.5) is 0 Å². The van der Waals surface area contributed by atoms with Gasteiger partial charge in [0.05, 0.1) is 0 Å². The van der Waals surface area contributed by atoms with E-state index in [0.29, 0.717) is 0 Å². The molecule has 11 heavy (non-hydrogen) atoms. The molecule has 0 nitrogen and oxygen atoms in total. The molecule has 0 aromatic carbocycles. The van der Waals surface area contributed by atoms with Gasteiger partial charge in [-0.3, -0.25) is 0 Å². The van der Waals surface area contributed by atoms with E-state index >= 15 is 0 Å². The Morgan fingerprint density at radius 3 is 1.00 bits per heavy atom. The maximum Gasteiger partial charge on any atom is 3.00 e. The zero-order chi connectivity index (χ0) is 6.15. The van der Waals surface area contributed by atoms with E-state index in [1.54, 1.807) is 0 Å². The Bertz CT molecular complexity index is 75.9. The van der Waals surface area contributed by atoms with Crippen LogP contribution < -0.4 is 37.2 Å². The number of halogens is 7. The van der Waals surface area contributed by atoms with Gasteiger partial charge in [0, 0.05) is 0 Å². The van der Waals surface area contributed by atoms with Crippen molar-refractivity contribution in [2.24, 2.45) is 0 Å². The van der Waals surface area contributed by atoms with Crippen LogP contribution in [0.15, 0.2) is 0 Å². The summed E-state index contributed by atoms with van der Waals surface area (Å²) in [6.07, 6.45) is 1.03. The van der Waals surface area contributed by atoms with Crippen molar-refractivity contribution in [3.8, 4) is 0 Å². The van der Waals surface area contributed by atoms with E-state index in [2.05, 4.69) is 68.9 Å². The van der Waals surface area contributed by atoms with Crippen LogP contribution in [0.25, 0.3) is 0 Å². The fourth-order valence-corrected chi connectivity index (χ4v) is 0. The quantitative estimate of drug-likeness (QED) is 0.245. The normalized spacial score (nSPS) is 11.5. The summed E-state index contributed by atoms with van der Waals surface area (Å²) in [6, 6.07) is 0. The Hall–Kier alpha value is 3.75. The summed E-state index contributed by atoms with van der Waals surface area (Å²) in [6.45, 7) is 2.09. The Kier molecular flexibility index (Phi) is 27.4. The minimum Gasteiger partial charge on any atom is -1.00 e. The van der Waals surface area contributed by atoms with Crippen molar-refractivity contribution >= 4 is 80.7 Å². The van der Waals surface area contributed by atoms with E-state index in [1.165, 1.54) is 0 Å². The van der Waals surface area contributed by atoms with Gasteiger partial charge in [-0.05, 0) is 0 Å². The maximum atomic E-state index is 3.46. The fourth-order valence-electron chi connectivity index (χ4n) is 0. The van der Waals surface area contributed by atoms with Crippen molar-refractivity contribution in [3.05, 3.63) is 0 Å². The van der Waals surface area contributed by atoms with E-state index in [9.17, 15) is 0 Å². The van der Waals surface area contributed by atoms with Gasteiger partial charge in [0.2, 0.25) is 0 Å². The molecule has 0 radical (unpaired) electrons. The molecule has 0 fully saturated rings. The SMILES string of the molecule is CCP(Br)(Br)(Br)Br.[Al+3].[Cl-].[Cl-].[Cl-]. The Labute approximate surface area is 129 Å². The van der Waals surface area contributed by atoms with Crippen LogP contribution in [0, 0.1) is 0 Å². The summed E-state index contributed by atoms with van der Waals surface area (Å²) in [5.74, 6) is 0. The van der Waals surface area contributed by atoms with Crippen molar-refractivity contribution in [1.82, 2.24) is 0 Å². The first-order valence-corrected chi connectivity index (χ1v) is 12.2. The molecule has 0 N–H and O–H groups in total. The van der Waals surface area contributed by atoms with E-state index in [-0.39, 0.29) is 54.6 Å². The first-order chi connectivity index (χ1) is 2.81. The first-order valence-electron chi connectivity index (χ1n) is 1.70. The molecule has 0 aromatic rings. The third-order valence-electron chi connectivity index (χ3n) is 0.478. The van der Waals surface area contributed by atoms with Crippen LogP contribution in [0.1, 0.15) is 6.92 Å². The predicted molar refractivity (Wildman–Crippen MR) is 58.9 cm³/mol. The summed E-state index contributed by atoms with van der Waals surface area (Å²) in [4.78, 5) is 0. The molecule has 0 saturated carbocycles. The van der Waals surface area contributed by atoms with Gasteiger partial charge >= 0.3 is 93.8 Å². The fraction of sp³-hybridized carbons (Fsp3) is 1.00. The number of hydrogen-bond donors (Lipinski definition) is 0. The smallest absolute Gasteiger partial charge is 1.00 e. The molecule has 0 aliphatic heterocycles. The van der Waals surface area contributed by atoms with E-state index in [0.717, 1.165) is 6.16 Å². The number of rotatable bonds is 1. The van der Waals surface area contributed by atoms with Gasteiger partial charge in [-0.2, -0.15) is 0 Å². The summed E-state index contributed by atoms with van der Waals surface area (Å²) < 4.78 is -1.83. The Morgan fingerprint density at radius 1 is 0.909 bits per heavy atom. The van der Waals surface area contributed by atoms with Gasteiger partial charge in [0.25, 0.3) is 0 Å². The molecular formula is C2H5AlBr4Cl3P. The maximum absolute atomic E-state index is 3.46. The van der Waals surface area contributed by atoms with Crippen molar-refractivity contribution in [3.63, 3.8) is 0 Å². The third-order valence-corrected chi connectivity index (χ3v) is 7.45. The van der Waals surface area contributed by atoms with E-state index in [1.807, 2.05) is 0 Å². The van der Waals surface area contributed by atoms with Gasteiger partial charge < -0.3 is 37.2 Å². The molecule has 0 aliphatic rings. The van der Waals surface area contributed by atoms with Crippen LogP contribution in [-0.4, -0.2) is 23.5 Å². The molecule has 0 spiro atoms. The van der Waals surface area contributed by atoms with Crippen LogP contribution in [0.5, 0.6) is 0 Å². The molecule has 0 bridgehead atoms. The second kappa shape index (κ2) is 10.3. The summed E-state index contributed by atoms with van der Waals surface area (Å²) in [5.41, 5.74) is 0. The molecule has 0 aliphatic carbocycles. The third kappa shape index (κ3) is 31.6. The molecule has 0 heterocycles. The predicted octanol–water partition coefficient (Wildman–Crippen LogP) is -4.57. The first kappa shape index (κ1) is 29.3. The minimum absolute atomic E-state index is 0. The van der Waals surface area contributed by atoms with Crippen LogP contribution in [-0.2, 0) is 0 Å². The monoisotopic (exact) mass is 508 g/mol. The van der Waals surface area contributed by atoms with Crippen LogP contribution in [0.3, 0.4) is 0 Å². The minimum atomic E-state index is -1.83. The van der Waals surface area contributed by atoms with Crippen LogP contribution >= 0.6 is 63.4 Å². The molecule has 0 atom stereocenters. The van der Waals surface area contributed by atoms with E-state index in [4.69, 9.17) is 0 Å². The zero-order valence-corrected chi connectivity index (χ0v) is 16.0. The molecule has 0 rings (SSSR count). The molecule has 0 saturated heterocycles. The molecule has 0 amide bonds. The second-order valence-corrected chi connectivity index (χ2v) is 39.5. The Balaban J connectivity index is -0.0000000300. The van der Waals surface area contributed by atoms with E-state index < -0.39 is 1.41 Å². The Morgan fingerprint density at radius 2 is 1.00 bits per heavy atom. The standard InChI is InChI=1S/C2H5Br4P.Al.3ClH/c1-2-7(3,4,5)6;;;;/h2H2,1H3;;3*1H/q;+3;;;/p-3. The topological polar surface area (TPSA) is 0 Å². The second-order valence-electron chi connectivity index (χ2n) is 1.18. The zero-order valence-electron chi connectivity index (χ0n) is 5.38. The molecule has 0 unspecified atom stereocenters. The van der Waals surface area contributed by atoms with Gasteiger partial charge in [-0.25, -0.2) is 0 Å². The van der Waals surface area contributed by atoms with Crippen molar-refractivity contribution in [1.29, 1.82) is 0 Å². The summed E-state index contributed by atoms with van der Waals surface area (Å²) >= 11 is 13.8. The molecule has 0 aromatic heterocycles. The van der Waals surface area contributed by atoms with Gasteiger partial charge in [-0.1, -0.05) is 0 Å². The van der Waals surface area contributed by atoms with Gasteiger partial charge in [0.1, 0.15) is 0 Å². The molecule has 9 heteroatoms. The van der Waals surface area contributed by atoms with Crippen LogP contribution in [0.2, 0.25) is 0 Å². The van der Waals surface area contributed by atoms with Crippen molar-refractivity contribution in [2.75, 3.05) is 6.16 Å². The average Bonchev–Trinajstić information content (AvgIpc) is 1.32. The van der Waals surface area contributed by atoms with Crippen molar-refractivity contribution in [2.45, 2.75) is 6.92 Å². The van der Waals surface area contributed by atoms with Crippen molar-refractivity contribution < 1.29 is 37.2 Å². The molecule has 70 valence electrons. The summed E-state index contributed by atoms with van der Waals surface area (Å²) in [5, 5.41) is 0. The summed E-state index contributed by atoms with van der Waals surface area (Å²) in [7, 11) is 0. The van der Waals surface area contributed by atoms with Gasteiger partial charge in [0.15, 0.2) is 0 Å². The number of hydrogen-bond acceptors (Lipinski definition) is 0. The molecular weight excluding hydrogens is 508 g/mol. The van der Waals surface area contributed by atoms with Gasteiger partial charge in [-0.15, -0.1) is 0 Å². The largest absolute Gasteiger partial charge is 3.00 e.